The van der Waals surface area contributed by atoms with Gasteiger partial charge in [0.2, 0.25) is 0 Å². The predicted molar refractivity (Wildman–Crippen MR) is 64.7 cm³/mol. The summed E-state index contributed by atoms with van der Waals surface area (Å²) < 4.78 is 0. The van der Waals surface area contributed by atoms with Crippen LogP contribution in [0.4, 0.5) is 0 Å². The Morgan fingerprint density at radius 1 is 0.947 bits per heavy atom. The first kappa shape index (κ1) is 36.3. The Hall–Kier alpha value is -0.532. The maximum absolute atomic E-state index is 8.89. The van der Waals surface area contributed by atoms with Crippen LogP contribution in [0.5, 0.6) is 0 Å². The third-order valence-corrected chi connectivity index (χ3v) is 1.65. The number of carboxylic acid groups (broad SMARTS) is 2. The molecule has 122 valence electrons. The number of nitrogens with two attached hydrogens (primary N) is 1. The molecule has 8 nitrogen and oxygen atoms in total. The van der Waals surface area contributed by atoms with Crippen LogP contribution in [0.15, 0.2) is 0 Å². The summed E-state index contributed by atoms with van der Waals surface area (Å²) in [5, 5.41) is 17.8. The molecule has 9 N–H and O–H groups in total. The predicted octanol–water partition coefficient (Wildman–Crippen LogP) is -2.70. The van der Waals surface area contributed by atoms with Crippen molar-refractivity contribution in [3.8, 4) is 0 Å². The zero-order valence-electron chi connectivity index (χ0n) is 11.3. The third kappa shape index (κ3) is 74.9. The monoisotopic (exact) mass is 465 g/mol. The average Bonchev–Trinajstić information content (AvgIpc) is 2.03. The van der Waals surface area contributed by atoms with E-state index in [0.717, 1.165) is 13.8 Å². The van der Waals surface area contributed by atoms with Gasteiger partial charge in [-0.2, -0.15) is 0 Å². The number of carbonyl (C=O) groups is 2. The van der Waals surface area contributed by atoms with Crippen LogP contribution in [-0.4, -0.2) is 28.9 Å². The van der Waals surface area contributed by atoms with Crippen LogP contribution in [0, 0.1) is 0 Å². The maximum atomic E-state index is 8.89. The van der Waals surface area contributed by atoms with Crippen molar-refractivity contribution in [1.29, 1.82) is 0 Å². The van der Waals surface area contributed by atoms with Gasteiger partial charge in [0.25, 0.3) is 0 Å². The van der Waals surface area contributed by atoms with Gasteiger partial charge in [0.05, 0.1) is 0 Å². The fourth-order valence-corrected chi connectivity index (χ4v) is 1.13. The zero-order chi connectivity index (χ0) is 12.3. The normalized spacial score (nSPS) is 11.9. The first-order valence-corrected chi connectivity index (χ1v) is 4.97. The molecule has 0 bridgehead atoms. The van der Waals surface area contributed by atoms with E-state index in [1.54, 1.807) is 0 Å². The Balaban J connectivity index is -0.0000000320. The van der Waals surface area contributed by atoms with E-state index in [4.69, 9.17) is 25.5 Å². The van der Waals surface area contributed by atoms with Crippen LogP contribution >= 0.6 is 0 Å². The van der Waals surface area contributed by atoms with Crippen molar-refractivity contribution in [2.24, 2.45) is 5.73 Å². The van der Waals surface area contributed by atoms with Gasteiger partial charge in [-0.1, -0.05) is 19.3 Å². The number of hydrogen-bond acceptors (Lipinski definition) is 6. The molecule has 1 rings (SSSR count). The standard InChI is InChI=1S/C6H13N.2C2H4O2.H3N.2H2O.Pt/c7-6-4-2-1-3-5-6;2*1-2(3)4;;;;/h6H,1-5,7H2;2*1H3,(H,3,4);1H3;2*1H2;/q;;;;;;+2/p-2. The summed E-state index contributed by atoms with van der Waals surface area (Å²) in [6.45, 7) is 1.94. The number of carboxylic acids is 2. The molecule has 19 heavy (non-hydrogen) atoms. The summed E-state index contributed by atoms with van der Waals surface area (Å²) in [6, 6.07) is 0.536. The molecule has 0 heterocycles. The molecular formula is C10H26N2O6Pt. The minimum atomic E-state index is -1.08. The Morgan fingerprint density at radius 2 is 1.16 bits per heavy atom. The summed E-state index contributed by atoms with van der Waals surface area (Å²) in [6.07, 6.45) is 6.66. The van der Waals surface area contributed by atoms with Crippen molar-refractivity contribution >= 4 is 11.9 Å². The molecule has 0 aromatic heterocycles. The van der Waals surface area contributed by atoms with Crippen molar-refractivity contribution in [2.45, 2.75) is 52.0 Å². The Kier molecular flexibility index (Phi) is 49.8. The molecule has 0 atom stereocenters. The average molecular weight is 465 g/mol. The number of aliphatic carboxylic acids is 2. The summed E-state index contributed by atoms with van der Waals surface area (Å²) in [7, 11) is 0. The van der Waals surface area contributed by atoms with Gasteiger partial charge in [0.1, 0.15) is 0 Å². The third-order valence-electron chi connectivity index (χ3n) is 1.65. The van der Waals surface area contributed by atoms with Crippen molar-refractivity contribution in [2.75, 3.05) is 0 Å². The van der Waals surface area contributed by atoms with E-state index in [9.17, 15) is 0 Å². The largest absolute Gasteiger partial charge is 2.00 e. The van der Waals surface area contributed by atoms with Crippen LogP contribution in [0.25, 0.3) is 0 Å². The second-order valence-electron chi connectivity index (χ2n) is 3.38. The first-order valence-electron chi connectivity index (χ1n) is 4.97. The zero-order valence-corrected chi connectivity index (χ0v) is 13.6. The molecule has 1 aliphatic rings. The van der Waals surface area contributed by atoms with E-state index in [0.29, 0.717) is 6.04 Å². The molecule has 0 amide bonds. The molecule has 0 aliphatic heterocycles. The number of hydrogen-bond donors (Lipinski definition) is 2. The van der Waals surface area contributed by atoms with Gasteiger partial charge in [0, 0.05) is 18.0 Å². The van der Waals surface area contributed by atoms with Gasteiger partial charge in [-0.05, 0) is 26.7 Å². The molecule has 0 spiro atoms. The van der Waals surface area contributed by atoms with E-state index in [1.165, 1.54) is 32.1 Å². The van der Waals surface area contributed by atoms with Crippen LogP contribution < -0.4 is 22.1 Å². The van der Waals surface area contributed by atoms with E-state index >= 15 is 0 Å². The molecule has 0 aromatic carbocycles. The Bertz CT molecular complexity index is 169. The van der Waals surface area contributed by atoms with Gasteiger partial charge in [-0.15, -0.1) is 0 Å². The van der Waals surface area contributed by atoms with Crippen molar-refractivity contribution in [1.82, 2.24) is 6.15 Å². The molecular weight excluding hydrogens is 439 g/mol. The topological polar surface area (TPSA) is 204 Å². The van der Waals surface area contributed by atoms with E-state index in [-0.39, 0.29) is 38.2 Å². The van der Waals surface area contributed by atoms with E-state index < -0.39 is 11.9 Å². The molecule has 0 aromatic rings. The van der Waals surface area contributed by atoms with Gasteiger partial charge in [-0.25, -0.2) is 0 Å². The second-order valence-corrected chi connectivity index (χ2v) is 3.38. The minimum absolute atomic E-state index is 0. The summed E-state index contributed by atoms with van der Waals surface area (Å²) in [5.74, 6) is -2.17. The van der Waals surface area contributed by atoms with Crippen molar-refractivity contribution < 1.29 is 51.8 Å². The van der Waals surface area contributed by atoms with Crippen molar-refractivity contribution in [3.05, 3.63) is 0 Å². The SMILES string of the molecule is CC(=O)[O-].CC(=O)[O-].N.NC1CCCCC1.O.O.[Pt+2]. The summed E-state index contributed by atoms with van der Waals surface area (Å²) in [4.78, 5) is 17.8. The minimum Gasteiger partial charge on any atom is -0.550 e. The van der Waals surface area contributed by atoms with E-state index in [2.05, 4.69) is 0 Å². The summed E-state index contributed by atoms with van der Waals surface area (Å²) >= 11 is 0. The van der Waals surface area contributed by atoms with Crippen molar-refractivity contribution in [3.63, 3.8) is 0 Å². The van der Waals surface area contributed by atoms with Crippen LogP contribution in [0.2, 0.25) is 0 Å². The molecule has 0 saturated heterocycles. The number of rotatable bonds is 0. The van der Waals surface area contributed by atoms with Gasteiger partial charge < -0.3 is 42.6 Å². The maximum Gasteiger partial charge on any atom is 2.00 e. The van der Waals surface area contributed by atoms with Crippen LogP contribution in [0.1, 0.15) is 46.0 Å². The molecule has 1 aliphatic carbocycles. The first-order chi connectivity index (χ1) is 6.86. The Labute approximate surface area is 128 Å². The van der Waals surface area contributed by atoms with Gasteiger partial charge in [0.15, 0.2) is 0 Å². The van der Waals surface area contributed by atoms with Gasteiger partial charge >= 0.3 is 21.1 Å². The second kappa shape index (κ2) is 26.1. The van der Waals surface area contributed by atoms with Gasteiger partial charge in [-0.3, -0.25) is 0 Å². The fraction of sp³-hybridized carbons (Fsp3) is 0.800. The molecule has 1 fully saturated rings. The quantitative estimate of drug-likeness (QED) is 0.389. The van der Waals surface area contributed by atoms with E-state index in [1.807, 2.05) is 0 Å². The smallest absolute Gasteiger partial charge is 0.550 e. The number of carbonyl (C=O) groups excluding carboxylic acids is 2. The van der Waals surface area contributed by atoms with Crippen LogP contribution in [0.3, 0.4) is 0 Å². The summed E-state index contributed by atoms with van der Waals surface area (Å²) in [5.41, 5.74) is 5.63. The fourth-order valence-electron chi connectivity index (χ4n) is 1.13. The molecule has 1 saturated carbocycles. The Morgan fingerprint density at radius 3 is 1.26 bits per heavy atom. The molecule has 9 heteroatoms. The molecule has 0 unspecified atom stereocenters. The van der Waals surface area contributed by atoms with Crippen LogP contribution in [-0.2, 0) is 30.7 Å². The molecule has 0 radical (unpaired) electrons.